The number of hydrazine groups is 2. The molecule has 0 saturated heterocycles. The van der Waals surface area contributed by atoms with E-state index < -0.39 is 20.0 Å². The van der Waals surface area contributed by atoms with Gasteiger partial charge in [0, 0.05) is 0 Å². The summed E-state index contributed by atoms with van der Waals surface area (Å²) in [5.74, 6) is 9.60. The molecular weight excluding hydrogens is 256 g/mol. The fraction of sp³-hybridized carbons (Fsp3) is 0. The van der Waals surface area contributed by atoms with Gasteiger partial charge in [-0.2, -0.15) is 9.66 Å². The third kappa shape index (κ3) is 2.55. The highest BCUT2D eigenvalue weighted by molar-refractivity contribution is 7.90. The summed E-state index contributed by atoms with van der Waals surface area (Å²) in [6, 6.07) is 4.59. The third-order valence-corrected chi connectivity index (χ3v) is 4.11. The molecule has 0 saturated carbocycles. The van der Waals surface area contributed by atoms with Crippen molar-refractivity contribution in [3.63, 3.8) is 0 Å². The highest BCUT2D eigenvalue weighted by Gasteiger charge is 2.17. The number of nitrogens with one attached hydrogen (secondary N) is 2. The lowest BCUT2D eigenvalue weighted by Crippen LogP contribution is -2.32. The number of nitrogens with two attached hydrogens (primary N) is 2. The van der Waals surface area contributed by atoms with Gasteiger partial charge in [0.15, 0.2) is 0 Å². The molecule has 16 heavy (non-hydrogen) atoms. The van der Waals surface area contributed by atoms with Crippen LogP contribution in [0.1, 0.15) is 0 Å². The first-order chi connectivity index (χ1) is 7.33. The summed E-state index contributed by atoms with van der Waals surface area (Å²) < 4.78 is 45.1. The van der Waals surface area contributed by atoms with Gasteiger partial charge < -0.3 is 0 Å². The monoisotopic (exact) mass is 266 g/mol. The molecule has 0 aliphatic carbocycles. The Bertz CT molecular complexity index is 531. The zero-order valence-corrected chi connectivity index (χ0v) is 9.55. The molecule has 1 aromatic carbocycles. The van der Waals surface area contributed by atoms with E-state index in [1.54, 1.807) is 9.66 Å². The van der Waals surface area contributed by atoms with Crippen LogP contribution in [0.2, 0.25) is 0 Å². The van der Waals surface area contributed by atoms with Crippen LogP contribution in [0.25, 0.3) is 0 Å². The predicted molar refractivity (Wildman–Crippen MR) is 55.5 cm³/mol. The Morgan fingerprint density at radius 2 is 1.25 bits per heavy atom. The van der Waals surface area contributed by atoms with Gasteiger partial charge in [0.05, 0.1) is 9.79 Å². The molecule has 0 bridgehead atoms. The van der Waals surface area contributed by atoms with E-state index in [-0.39, 0.29) is 9.79 Å². The van der Waals surface area contributed by atoms with Crippen molar-refractivity contribution in [3.05, 3.63) is 24.3 Å². The van der Waals surface area contributed by atoms with E-state index in [1.165, 1.54) is 18.2 Å². The highest BCUT2D eigenvalue weighted by Crippen LogP contribution is 2.14. The zero-order valence-electron chi connectivity index (χ0n) is 7.91. The molecule has 0 radical (unpaired) electrons. The van der Waals surface area contributed by atoms with E-state index in [1.807, 2.05) is 0 Å². The Morgan fingerprint density at radius 1 is 0.875 bits per heavy atom. The molecule has 10 heteroatoms. The second-order valence-corrected chi connectivity index (χ2v) is 6.15. The van der Waals surface area contributed by atoms with Crippen molar-refractivity contribution in [2.24, 2.45) is 11.7 Å². The van der Waals surface area contributed by atoms with E-state index in [2.05, 4.69) is 0 Å². The maximum absolute atomic E-state index is 11.3. The normalized spacial score (nSPS) is 12.6. The van der Waals surface area contributed by atoms with Crippen LogP contribution >= 0.6 is 0 Å². The lowest BCUT2D eigenvalue weighted by atomic mass is 10.4. The lowest BCUT2D eigenvalue weighted by Gasteiger charge is -2.05. The number of rotatable bonds is 4. The van der Waals surface area contributed by atoms with Crippen molar-refractivity contribution >= 4 is 20.0 Å². The summed E-state index contributed by atoms with van der Waals surface area (Å²) in [7, 11) is -7.79. The molecular formula is C6H10N4O4S2. The first-order valence-corrected chi connectivity index (χ1v) is 6.85. The Hall–Kier alpha value is -1.04. The lowest BCUT2D eigenvalue weighted by molar-refractivity contribution is 0.582. The molecule has 90 valence electrons. The van der Waals surface area contributed by atoms with Crippen molar-refractivity contribution < 1.29 is 16.8 Å². The molecule has 0 aliphatic rings. The summed E-state index contributed by atoms with van der Waals surface area (Å²) in [6.07, 6.45) is 0. The Morgan fingerprint density at radius 3 is 1.56 bits per heavy atom. The van der Waals surface area contributed by atoms with Crippen molar-refractivity contribution in [2.75, 3.05) is 0 Å². The summed E-state index contributed by atoms with van der Waals surface area (Å²) in [5.41, 5.74) is 0. The summed E-state index contributed by atoms with van der Waals surface area (Å²) in [4.78, 5) is 2.62. The van der Waals surface area contributed by atoms with Crippen LogP contribution in [0.3, 0.4) is 0 Å². The first-order valence-electron chi connectivity index (χ1n) is 3.88. The molecule has 1 aromatic rings. The van der Waals surface area contributed by atoms with Gasteiger partial charge >= 0.3 is 0 Å². The quantitative estimate of drug-likeness (QED) is 0.366. The number of sulfonamides is 2. The van der Waals surface area contributed by atoms with Crippen molar-refractivity contribution in [1.29, 1.82) is 0 Å². The van der Waals surface area contributed by atoms with Gasteiger partial charge in [0.2, 0.25) is 0 Å². The summed E-state index contributed by atoms with van der Waals surface area (Å²) in [6.45, 7) is 0. The molecule has 0 unspecified atom stereocenters. The van der Waals surface area contributed by atoms with Crippen molar-refractivity contribution in [3.8, 4) is 0 Å². The van der Waals surface area contributed by atoms with Crippen LogP contribution in [0.5, 0.6) is 0 Å². The molecule has 8 nitrogen and oxygen atoms in total. The van der Waals surface area contributed by atoms with E-state index in [9.17, 15) is 16.8 Å². The van der Waals surface area contributed by atoms with Gasteiger partial charge in [-0.3, -0.25) is 11.7 Å². The van der Waals surface area contributed by atoms with Gasteiger partial charge in [-0.25, -0.2) is 16.8 Å². The van der Waals surface area contributed by atoms with Gasteiger partial charge in [-0.1, -0.05) is 6.07 Å². The molecule has 0 aliphatic heterocycles. The largest absolute Gasteiger partial charge is 0.257 e. The molecule has 0 heterocycles. The third-order valence-electron chi connectivity index (χ3n) is 1.74. The second kappa shape index (κ2) is 4.45. The van der Waals surface area contributed by atoms with Crippen LogP contribution < -0.4 is 21.3 Å². The van der Waals surface area contributed by atoms with Crippen molar-refractivity contribution in [2.45, 2.75) is 9.79 Å². The van der Waals surface area contributed by atoms with E-state index in [0.29, 0.717) is 0 Å². The van der Waals surface area contributed by atoms with Crippen LogP contribution in [0, 0.1) is 0 Å². The van der Waals surface area contributed by atoms with Crippen LogP contribution in [-0.4, -0.2) is 16.8 Å². The average Bonchev–Trinajstić information content (AvgIpc) is 2.29. The summed E-state index contributed by atoms with van der Waals surface area (Å²) in [5, 5.41) is 0. The van der Waals surface area contributed by atoms with E-state index in [4.69, 9.17) is 11.7 Å². The van der Waals surface area contributed by atoms with Crippen LogP contribution in [0.15, 0.2) is 34.1 Å². The maximum atomic E-state index is 11.3. The SMILES string of the molecule is NNS(=O)(=O)c1cccc(S(=O)(=O)NN)c1. The molecule has 0 fully saturated rings. The van der Waals surface area contributed by atoms with E-state index >= 15 is 0 Å². The first kappa shape index (κ1) is 13.0. The standard InChI is InChI=1S/C6H10N4O4S2/c7-9-15(11,12)5-2-1-3-6(4-5)16(13,14)10-8/h1-4,9-10H,7-8H2. The Labute approximate surface area is 92.7 Å². The minimum Gasteiger partial charge on any atom is -0.257 e. The number of hydrogen-bond donors (Lipinski definition) is 4. The predicted octanol–water partition coefficient (Wildman–Crippen LogP) is -2.01. The van der Waals surface area contributed by atoms with E-state index in [0.717, 1.165) is 6.07 Å². The average molecular weight is 266 g/mol. The number of hydrogen-bond acceptors (Lipinski definition) is 6. The maximum Gasteiger partial charge on any atom is 0.253 e. The minimum absolute atomic E-state index is 0.272. The minimum atomic E-state index is -3.89. The topological polar surface area (TPSA) is 144 Å². The number of benzene rings is 1. The van der Waals surface area contributed by atoms with Gasteiger partial charge in [-0.05, 0) is 18.2 Å². The molecule has 0 amide bonds. The zero-order chi connectivity index (χ0) is 12.4. The molecule has 0 atom stereocenters. The molecule has 1 rings (SSSR count). The van der Waals surface area contributed by atoms with Crippen molar-refractivity contribution in [1.82, 2.24) is 9.66 Å². The fourth-order valence-corrected chi connectivity index (χ4v) is 2.37. The molecule has 0 aromatic heterocycles. The van der Waals surface area contributed by atoms with Gasteiger partial charge in [0.1, 0.15) is 0 Å². The van der Waals surface area contributed by atoms with Gasteiger partial charge in [0.25, 0.3) is 20.0 Å². The smallest absolute Gasteiger partial charge is 0.253 e. The highest BCUT2D eigenvalue weighted by atomic mass is 32.2. The van der Waals surface area contributed by atoms with Gasteiger partial charge in [-0.15, -0.1) is 0 Å². The Balaban J connectivity index is 3.37. The molecule has 0 spiro atoms. The molecule has 6 N–H and O–H groups in total. The van der Waals surface area contributed by atoms with Crippen LogP contribution in [0.4, 0.5) is 0 Å². The fourth-order valence-electron chi connectivity index (χ4n) is 0.945. The Kier molecular flexibility index (Phi) is 3.62. The van der Waals surface area contributed by atoms with Crippen LogP contribution in [-0.2, 0) is 20.0 Å². The summed E-state index contributed by atoms with van der Waals surface area (Å²) >= 11 is 0. The second-order valence-electron chi connectivity index (χ2n) is 2.72.